The van der Waals surface area contributed by atoms with E-state index in [9.17, 15) is 5.11 Å². The summed E-state index contributed by atoms with van der Waals surface area (Å²) in [7, 11) is -1.15. The molecular weight excluding hydrogens is 396 g/mol. The summed E-state index contributed by atoms with van der Waals surface area (Å²) in [6.07, 6.45) is 1.63. The maximum atomic E-state index is 9.71. The van der Waals surface area contributed by atoms with Crippen LogP contribution in [-0.4, -0.2) is 60.6 Å². The zero-order valence-corrected chi connectivity index (χ0v) is 19.0. The Morgan fingerprint density at radius 3 is 2.53 bits per heavy atom. The lowest BCUT2D eigenvalue weighted by Crippen LogP contribution is -2.36. The molecule has 3 aromatic rings. The number of benzene rings is 1. The summed E-state index contributed by atoms with van der Waals surface area (Å²) in [6, 6.07) is 10.5. The van der Waals surface area contributed by atoms with Crippen molar-refractivity contribution in [3.8, 4) is 17.0 Å². The maximum Gasteiger partial charge on any atom is 0.147 e. The van der Waals surface area contributed by atoms with Gasteiger partial charge in [0.05, 0.1) is 24.3 Å². The van der Waals surface area contributed by atoms with Crippen molar-refractivity contribution in [2.45, 2.75) is 32.4 Å². The van der Waals surface area contributed by atoms with Gasteiger partial charge in [-0.3, -0.25) is 0 Å². The van der Waals surface area contributed by atoms with Gasteiger partial charge in [0.2, 0.25) is 0 Å². The molecule has 3 heterocycles. The highest BCUT2D eigenvalue weighted by Gasteiger charge is 2.21. The first-order chi connectivity index (χ1) is 14.4. The van der Waals surface area contributed by atoms with Crippen LogP contribution in [0, 0.1) is 0 Å². The van der Waals surface area contributed by atoms with Crippen molar-refractivity contribution < 1.29 is 14.6 Å². The first kappa shape index (κ1) is 20.8. The molecule has 0 aliphatic carbocycles. The molecule has 0 radical (unpaired) electrons. The van der Waals surface area contributed by atoms with E-state index in [1.54, 1.807) is 18.5 Å². The molecule has 1 fully saturated rings. The van der Waals surface area contributed by atoms with Crippen molar-refractivity contribution >= 4 is 24.9 Å². The monoisotopic (exact) mass is 426 g/mol. The minimum atomic E-state index is -1.15. The van der Waals surface area contributed by atoms with Gasteiger partial charge in [-0.25, -0.2) is 9.97 Å². The molecular formula is C22H30N4O3Si. The molecule has 1 aromatic carbocycles. The second-order valence-corrected chi connectivity index (χ2v) is 14.5. The Labute approximate surface area is 178 Å². The van der Waals surface area contributed by atoms with Crippen molar-refractivity contribution in [3.05, 3.63) is 36.7 Å². The Kier molecular flexibility index (Phi) is 6.08. The standard InChI is InChI=1S/C22H30N4O3Si/c1-30(2,3)13-12-29-16-26-20(17-4-6-18(27)7-5-17)14-19-21(23-15-24-22(19)26)25-8-10-28-11-9-25/h4-7,14-15,27H,8-13,16H2,1-3H3. The third kappa shape index (κ3) is 4.66. The van der Waals surface area contributed by atoms with Crippen LogP contribution in [0.5, 0.6) is 5.75 Å². The molecule has 8 heteroatoms. The first-order valence-electron chi connectivity index (χ1n) is 10.5. The molecule has 0 saturated carbocycles. The fourth-order valence-electron chi connectivity index (χ4n) is 3.61. The quantitative estimate of drug-likeness (QED) is 0.456. The molecule has 30 heavy (non-hydrogen) atoms. The summed E-state index contributed by atoms with van der Waals surface area (Å²) in [4.78, 5) is 11.4. The van der Waals surface area contributed by atoms with Crippen molar-refractivity contribution in [2.75, 3.05) is 37.8 Å². The smallest absolute Gasteiger partial charge is 0.147 e. The van der Waals surface area contributed by atoms with E-state index in [0.29, 0.717) is 19.9 Å². The van der Waals surface area contributed by atoms with Gasteiger partial charge in [0.1, 0.15) is 30.3 Å². The zero-order valence-electron chi connectivity index (χ0n) is 18.0. The number of phenols is 1. The summed E-state index contributed by atoms with van der Waals surface area (Å²) in [5.74, 6) is 1.19. The van der Waals surface area contributed by atoms with Gasteiger partial charge < -0.3 is 24.0 Å². The van der Waals surface area contributed by atoms with Gasteiger partial charge >= 0.3 is 0 Å². The third-order valence-corrected chi connectivity index (χ3v) is 7.06. The van der Waals surface area contributed by atoms with Gasteiger partial charge in [-0.2, -0.15) is 0 Å². The van der Waals surface area contributed by atoms with Gasteiger partial charge in [-0.15, -0.1) is 0 Å². The largest absolute Gasteiger partial charge is 0.508 e. The highest BCUT2D eigenvalue weighted by molar-refractivity contribution is 6.76. The van der Waals surface area contributed by atoms with Gasteiger partial charge in [0.25, 0.3) is 0 Å². The van der Waals surface area contributed by atoms with Crippen LogP contribution in [0.2, 0.25) is 25.7 Å². The maximum absolute atomic E-state index is 9.71. The average Bonchev–Trinajstić information content (AvgIpc) is 3.10. The van der Waals surface area contributed by atoms with E-state index < -0.39 is 8.07 Å². The number of hydrogen-bond acceptors (Lipinski definition) is 6. The van der Waals surface area contributed by atoms with Crippen LogP contribution in [0.25, 0.3) is 22.3 Å². The number of anilines is 1. The fraction of sp³-hybridized carbons (Fsp3) is 0.455. The van der Waals surface area contributed by atoms with E-state index in [1.807, 2.05) is 12.1 Å². The Morgan fingerprint density at radius 1 is 1.10 bits per heavy atom. The number of aromatic nitrogens is 3. The molecule has 0 amide bonds. The molecule has 0 unspecified atom stereocenters. The Balaban J connectivity index is 1.72. The predicted molar refractivity (Wildman–Crippen MR) is 122 cm³/mol. The summed E-state index contributed by atoms with van der Waals surface area (Å²) >= 11 is 0. The molecule has 1 N–H and O–H groups in total. The summed E-state index contributed by atoms with van der Waals surface area (Å²) in [6.45, 7) is 11.3. The van der Waals surface area contributed by atoms with Crippen LogP contribution in [0.15, 0.2) is 36.7 Å². The highest BCUT2D eigenvalue weighted by Crippen LogP contribution is 2.33. The second-order valence-electron chi connectivity index (χ2n) is 8.89. The number of morpholine rings is 1. The molecule has 2 aromatic heterocycles. The van der Waals surface area contributed by atoms with Gasteiger partial charge in [-0.05, 0) is 41.9 Å². The molecule has 160 valence electrons. The van der Waals surface area contributed by atoms with E-state index in [0.717, 1.165) is 53.8 Å². The van der Waals surface area contributed by atoms with Crippen molar-refractivity contribution in [2.24, 2.45) is 0 Å². The topological polar surface area (TPSA) is 72.6 Å². The SMILES string of the molecule is C[Si](C)(C)CCOCn1c(-c2ccc(O)cc2)cc2c(N3CCOCC3)ncnc21. The van der Waals surface area contributed by atoms with Gasteiger partial charge in [0.15, 0.2) is 0 Å². The van der Waals surface area contributed by atoms with Crippen LogP contribution in [0.3, 0.4) is 0 Å². The third-order valence-electron chi connectivity index (χ3n) is 5.36. The lowest BCUT2D eigenvalue weighted by atomic mass is 10.1. The van der Waals surface area contributed by atoms with Crippen molar-refractivity contribution in [1.29, 1.82) is 0 Å². The fourth-order valence-corrected chi connectivity index (χ4v) is 4.37. The van der Waals surface area contributed by atoms with Crippen LogP contribution < -0.4 is 4.90 Å². The van der Waals surface area contributed by atoms with E-state index in [-0.39, 0.29) is 5.75 Å². The molecule has 0 bridgehead atoms. The molecule has 1 saturated heterocycles. The molecule has 4 rings (SSSR count). The summed E-state index contributed by atoms with van der Waals surface area (Å²) in [5.41, 5.74) is 2.88. The van der Waals surface area contributed by atoms with Gasteiger partial charge in [-0.1, -0.05) is 19.6 Å². The summed E-state index contributed by atoms with van der Waals surface area (Å²) < 4.78 is 13.7. The van der Waals surface area contributed by atoms with E-state index in [4.69, 9.17) is 9.47 Å². The van der Waals surface area contributed by atoms with E-state index in [1.165, 1.54) is 0 Å². The van der Waals surface area contributed by atoms with Crippen LogP contribution in [0.1, 0.15) is 0 Å². The average molecular weight is 427 g/mol. The van der Waals surface area contributed by atoms with Crippen molar-refractivity contribution in [1.82, 2.24) is 14.5 Å². The number of fused-ring (bicyclic) bond motifs is 1. The Morgan fingerprint density at radius 2 is 1.83 bits per heavy atom. The minimum absolute atomic E-state index is 0.251. The molecule has 1 aliphatic heterocycles. The second kappa shape index (κ2) is 8.75. The molecule has 0 atom stereocenters. The number of hydrogen-bond donors (Lipinski definition) is 1. The van der Waals surface area contributed by atoms with Crippen molar-refractivity contribution in [3.63, 3.8) is 0 Å². The van der Waals surface area contributed by atoms with Gasteiger partial charge in [0, 0.05) is 27.8 Å². The number of rotatable bonds is 7. The van der Waals surface area contributed by atoms with E-state index >= 15 is 0 Å². The first-order valence-corrected chi connectivity index (χ1v) is 14.2. The van der Waals surface area contributed by atoms with Crippen LogP contribution >= 0.6 is 0 Å². The Bertz CT molecular complexity index is 992. The number of phenolic OH excluding ortho intramolecular Hbond substituents is 1. The number of aromatic hydroxyl groups is 1. The normalized spacial score (nSPS) is 15.1. The number of ether oxygens (including phenoxy) is 2. The minimum Gasteiger partial charge on any atom is -0.508 e. The molecule has 1 aliphatic rings. The zero-order chi connectivity index (χ0) is 21.1. The van der Waals surface area contributed by atoms with Crippen LogP contribution in [-0.2, 0) is 16.2 Å². The highest BCUT2D eigenvalue weighted by atomic mass is 28.3. The Hall–Kier alpha value is -2.42. The molecule has 7 nitrogen and oxygen atoms in total. The lowest BCUT2D eigenvalue weighted by Gasteiger charge is -2.28. The lowest BCUT2D eigenvalue weighted by molar-refractivity contribution is 0.0909. The predicted octanol–water partition coefficient (Wildman–Crippen LogP) is 3.95. The van der Waals surface area contributed by atoms with Crippen LogP contribution in [0.4, 0.5) is 5.82 Å². The number of nitrogens with zero attached hydrogens (tertiary/aromatic N) is 4. The molecule has 0 spiro atoms. The summed E-state index contributed by atoms with van der Waals surface area (Å²) in [5, 5.41) is 10.7. The van der Waals surface area contributed by atoms with E-state index in [2.05, 4.69) is 45.1 Å².